The molecule has 1 heterocycles. The quantitative estimate of drug-likeness (QED) is 0.767. The standard InChI is InChI=1S/C16H17FN4/c17-15-5-1-6-16(14(15)10-18)21-9-3-8-20-12-13-4-2-7-19-11-13/h1-2,4-7,11,20-21H,3,8-9,12H2. The van der Waals surface area contributed by atoms with Crippen LogP contribution in [0.2, 0.25) is 0 Å². The number of pyridine rings is 1. The predicted molar refractivity (Wildman–Crippen MR) is 80.2 cm³/mol. The van der Waals surface area contributed by atoms with E-state index in [2.05, 4.69) is 15.6 Å². The van der Waals surface area contributed by atoms with E-state index in [-0.39, 0.29) is 5.56 Å². The first-order valence-electron chi connectivity index (χ1n) is 6.83. The topological polar surface area (TPSA) is 60.7 Å². The SMILES string of the molecule is N#Cc1c(F)cccc1NCCCNCc1cccnc1. The van der Waals surface area contributed by atoms with E-state index in [1.807, 2.05) is 24.4 Å². The van der Waals surface area contributed by atoms with Crippen LogP contribution in [0.4, 0.5) is 10.1 Å². The zero-order chi connectivity index (χ0) is 14.9. The lowest BCUT2D eigenvalue weighted by atomic mass is 10.2. The molecule has 1 aromatic carbocycles. The Labute approximate surface area is 123 Å². The van der Waals surface area contributed by atoms with Gasteiger partial charge in [-0.05, 0) is 36.7 Å². The van der Waals surface area contributed by atoms with Gasteiger partial charge in [-0.2, -0.15) is 5.26 Å². The first-order chi connectivity index (χ1) is 10.3. The molecule has 108 valence electrons. The molecule has 0 saturated heterocycles. The molecule has 0 fully saturated rings. The Hall–Kier alpha value is -2.45. The Bertz CT molecular complexity index is 607. The summed E-state index contributed by atoms with van der Waals surface area (Å²) in [7, 11) is 0. The lowest BCUT2D eigenvalue weighted by molar-refractivity contribution is 0.624. The summed E-state index contributed by atoms with van der Waals surface area (Å²) in [5.74, 6) is -0.489. The Kier molecular flexibility index (Phi) is 5.68. The third-order valence-corrected chi connectivity index (χ3v) is 3.02. The number of rotatable bonds is 7. The van der Waals surface area contributed by atoms with Crippen molar-refractivity contribution in [2.45, 2.75) is 13.0 Å². The molecule has 2 N–H and O–H groups in total. The summed E-state index contributed by atoms with van der Waals surface area (Å²) in [6.07, 6.45) is 4.46. The van der Waals surface area contributed by atoms with Crippen molar-refractivity contribution in [1.29, 1.82) is 5.26 Å². The van der Waals surface area contributed by atoms with Crippen LogP contribution in [0.15, 0.2) is 42.7 Å². The molecule has 5 heteroatoms. The van der Waals surface area contributed by atoms with Crippen molar-refractivity contribution in [2.24, 2.45) is 0 Å². The lowest BCUT2D eigenvalue weighted by Gasteiger charge is -2.09. The fraction of sp³-hybridized carbons (Fsp3) is 0.250. The van der Waals surface area contributed by atoms with Gasteiger partial charge in [-0.25, -0.2) is 4.39 Å². The molecule has 4 nitrogen and oxygen atoms in total. The normalized spacial score (nSPS) is 10.1. The molecule has 0 unspecified atom stereocenters. The summed E-state index contributed by atoms with van der Waals surface area (Å²) < 4.78 is 13.4. The summed E-state index contributed by atoms with van der Waals surface area (Å²) in [6, 6.07) is 10.4. The van der Waals surface area contributed by atoms with E-state index in [0.29, 0.717) is 12.2 Å². The smallest absolute Gasteiger partial charge is 0.143 e. The summed E-state index contributed by atoms with van der Waals surface area (Å²) >= 11 is 0. The Balaban J connectivity index is 1.69. The van der Waals surface area contributed by atoms with Gasteiger partial charge in [-0.3, -0.25) is 4.98 Å². The minimum Gasteiger partial charge on any atom is -0.384 e. The van der Waals surface area contributed by atoms with Crippen molar-refractivity contribution >= 4 is 5.69 Å². The molecule has 0 saturated carbocycles. The average molecular weight is 284 g/mol. The minimum absolute atomic E-state index is 0.0702. The maximum absolute atomic E-state index is 13.4. The van der Waals surface area contributed by atoms with Gasteiger partial charge in [0, 0.05) is 25.5 Å². The van der Waals surface area contributed by atoms with Crippen LogP contribution in [-0.2, 0) is 6.54 Å². The second-order valence-corrected chi connectivity index (χ2v) is 4.59. The second kappa shape index (κ2) is 7.98. The molecule has 0 radical (unpaired) electrons. The average Bonchev–Trinajstić information content (AvgIpc) is 2.52. The van der Waals surface area contributed by atoms with Gasteiger partial charge in [0.05, 0.1) is 5.69 Å². The molecular formula is C16H17FN4. The summed E-state index contributed by atoms with van der Waals surface area (Å²) in [5.41, 5.74) is 1.76. The number of hydrogen-bond acceptors (Lipinski definition) is 4. The molecule has 1 aromatic heterocycles. The van der Waals surface area contributed by atoms with Crippen LogP contribution in [-0.4, -0.2) is 18.1 Å². The summed E-state index contributed by atoms with van der Waals surface area (Å²) in [5, 5.41) is 15.3. The highest BCUT2D eigenvalue weighted by atomic mass is 19.1. The number of benzene rings is 1. The van der Waals surface area contributed by atoms with Crippen LogP contribution in [0.1, 0.15) is 17.5 Å². The highest BCUT2D eigenvalue weighted by molar-refractivity contribution is 5.57. The molecule has 0 aliphatic heterocycles. The van der Waals surface area contributed by atoms with E-state index in [0.717, 1.165) is 25.1 Å². The fourth-order valence-corrected chi connectivity index (χ4v) is 1.96. The van der Waals surface area contributed by atoms with Gasteiger partial charge < -0.3 is 10.6 Å². The molecule has 0 atom stereocenters. The zero-order valence-corrected chi connectivity index (χ0v) is 11.6. The molecule has 0 amide bonds. The van der Waals surface area contributed by atoms with Gasteiger partial charge in [0.15, 0.2) is 0 Å². The van der Waals surface area contributed by atoms with E-state index in [9.17, 15) is 4.39 Å². The minimum atomic E-state index is -0.489. The van der Waals surface area contributed by atoms with Crippen molar-refractivity contribution < 1.29 is 4.39 Å². The second-order valence-electron chi connectivity index (χ2n) is 4.59. The van der Waals surface area contributed by atoms with Crippen molar-refractivity contribution in [3.63, 3.8) is 0 Å². The first kappa shape index (κ1) is 14.9. The highest BCUT2D eigenvalue weighted by Crippen LogP contribution is 2.17. The number of nitrogens with zero attached hydrogens (tertiary/aromatic N) is 2. The van der Waals surface area contributed by atoms with Gasteiger partial charge in [-0.1, -0.05) is 12.1 Å². The number of aromatic nitrogens is 1. The van der Waals surface area contributed by atoms with Gasteiger partial charge in [0.1, 0.15) is 17.4 Å². The third-order valence-electron chi connectivity index (χ3n) is 3.02. The molecule has 0 spiro atoms. The van der Waals surface area contributed by atoms with E-state index in [1.54, 1.807) is 18.3 Å². The van der Waals surface area contributed by atoms with Crippen LogP contribution < -0.4 is 10.6 Å². The fourth-order valence-electron chi connectivity index (χ4n) is 1.96. The number of hydrogen-bond donors (Lipinski definition) is 2. The number of nitrogens with one attached hydrogen (secondary N) is 2. The maximum atomic E-state index is 13.4. The van der Waals surface area contributed by atoms with Crippen molar-refractivity contribution in [3.05, 3.63) is 59.7 Å². The third kappa shape index (κ3) is 4.55. The summed E-state index contributed by atoms with van der Waals surface area (Å²) in [6.45, 7) is 2.29. The highest BCUT2D eigenvalue weighted by Gasteiger charge is 2.06. The van der Waals surface area contributed by atoms with Crippen LogP contribution in [0, 0.1) is 17.1 Å². The molecule has 0 aliphatic rings. The van der Waals surface area contributed by atoms with Gasteiger partial charge >= 0.3 is 0 Å². The Morgan fingerprint density at radius 2 is 2.10 bits per heavy atom. The Morgan fingerprint density at radius 1 is 1.19 bits per heavy atom. The molecule has 0 bridgehead atoms. The van der Waals surface area contributed by atoms with Crippen LogP contribution >= 0.6 is 0 Å². The van der Waals surface area contributed by atoms with E-state index >= 15 is 0 Å². The lowest BCUT2D eigenvalue weighted by Crippen LogP contribution is -2.18. The van der Waals surface area contributed by atoms with E-state index in [1.165, 1.54) is 6.07 Å². The van der Waals surface area contributed by atoms with Crippen LogP contribution in [0.5, 0.6) is 0 Å². The van der Waals surface area contributed by atoms with E-state index in [4.69, 9.17) is 5.26 Å². The summed E-state index contributed by atoms with van der Waals surface area (Å²) in [4.78, 5) is 4.05. The number of anilines is 1. The van der Waals surface area contributed by atoms with E-state index < -0.39 is 5.82 Å². The van der Waals surface area contributed by atoms with Gasteiger partial charge in [0.2, 0.25) is 0 Å². The monoisotopic (exact) mass is 284 g/mol. The van der Waals surface area contributed by atoms with Crippen LogP contribution in [0.3, 0.4) is 0 Å². The molecule has 0 aliphatic carbocycles. The van der Waals surface area contributed by atoms with Crippen molar-refractivity contribution in [2.75, 3.05) is 18.4 Å². The molecule has 2 aromatic rings. The first-order valence-corrected chi connectivity index (χ1v) is 6.83. The van der Waals surface area contributed by atoms with Crippen molar-refractivity contribution in [3.8, 4) is 6.07 Å². The number of nitriles is 1. The largest absolute Gasteiger partial charge is 0.384 e. The molecule has 21 heavy (non-hydrogen) atoms. The molecule has 2 rings (SSSR count). The number of halogens is 1. The maximum Gasteiger partial charge on any atom is 0.143 e. The van der Waals surface area contributed by atoms with Gasteiger partial charge in [-0.15, -0.1) is 0 Å². The Morgan fingerprint density at radius 3 is 2.86 bits per heavy atom. The van der Waals surface area contributed by atoms with Gasteiger partial charge in [0.25, 0.3) is 0 Å². The molecular weight excluding hydrogens is 267 g/mol. The van der Waals surface area contributed by atoms with Crippen LogP contribution in [0.25, 0.3) is 0 Å². The predicted octanol–water partition coefficient (Wildman–Crippen LogP) is 2.68. The zero-order valence-electron chi connectivity index (χ0n) is 11.6. The van der Waals surface area contributed by atoms with Crippen molar-refractivity contribution in [1.82, 2.24) is 10.3 Å².